The summed E-state index contributed by atoms with van der Waals surface area (Å²) in [5, 5.41) is 0. The molecule has 0 bridgehead atoms. The van der Waals surface area contributed by atoms with Gasteiger partial charge in [0.25, 0.3) is 0 Å². The molecule has 0 atom stereocenters. The van der Waals surface area contributed by atoms with Gasteiger partial charge in [0.15, 0.2) is 15.4 Å². The number of fused-ring (bicyclic) bond motifs is 1. The fourth-order valence-electron chi connectivity index (χ4n) is 2.10. The molecular weight excluding hydrogens is 288 g/mol. The van der Waals surface area contributed by atoms with Crippen molar-refractivity contribution in [3.63, 3.8) is 0 Å². The molecule has 0 fully saturated rings. The van der Waals surface area contributed by atoms with E-state index in [0.29, 0.717) is 11.1 Å². The lowest BCUT2D eigenvalue weighted by Gasteiger charge is -2.04. The molecular formula is C15H14N2O3S. The first-order valence-electron chi connectivity index (χ1n) is 6.56. The van der Waals surface area contributed by atoms with Gasteiger partial charge in [-0.25, -0.2) is 18.4 Å². The van der Waals surface area contributed by atoms with Crippen molar-refractivity contribution < 1.29 is 12.8 Å². The highest BCUT2D eigenvalue weighted by molar-refractivity contribution is 7.91. The fraction of sp³-hybridized carbons (Fsp3) is 0.200. The molecule has 0 amide bonds. The number of hydrogen-bond acceptors (Lipinski definition) is 5. The smallest absolute Gasteiger partial charge is 0.247 e. The molecule has 2 aromatic heterocycles. The van der Waals surface area contributed by atoms with E-state index in [1.165, 1.54) is 12.3 Å². The number of oxazole rings is 1. The number of aryl methyl sites for hydroxylation is 1. The van der Waals surface area contributed by atoms with Gasteiger partial charge in [-0.15, -0.1) is 0 Å². The summed E-state index contributed by atoms with van der Waals surface area (Å²) in [7, 11) is -3.39. The molecule has 1 aromatic carbocycles. The highest BCUT2D eigenvalue weighted by Crippen LogP contribution is 2.28. The number of pyridine rings is 1. The van der Waals surface area contributed by atoms with Gasteiger partial charge in [0.05, 0.1) is 10.6 Å². The topological polar surface area (TPSA) is 73.1 Å². The van der Waals surface area contributed by atoms with Gasteiger partial charge in [0.1, 0.15) is 11.2 Å². The number of sulfone groups is 1. The lowest BCUT2D eigenvalue weighted by atomic mass is 10.2. The van der Waals surface area contributed by atoms with E-state index in [1.807, 2.05) is 25.1 Å². The molecule has 3 aromatic rings. The Morgan fingerprint density at radius 3 is 2.81 bits per heavy atom. The second kappa shape index (κ2) is 4.96. The minimum absolute atomic E-state index is 0.00499. The van der Waals surface area contributed by atoms with Crippen LogP contribution in [0, 0.1) is 6.92 Å². The van der Waals surface area contributed by atoms with Crippen LogP contribution in [0.15, 0.2) is 45.8 Å². The van der Waals surface area contributed by atoms with Crippen LogP contribution in [0.25, 0.3) is 22.7 Å². The highest BCUT2D eigenvalue weighted by Gasteiger charge is 2.21. The first-order valence-corrected chi connectivity index (χ1v) is 8.22. The Morgan fingerprint density at radius 1 is 1.24 bits per heavy atom. The zero-order valence-corrected chi connectivity index (χ0v) is 12.5. The van der Waals surface area contributed by atoms with Crippen LogP contribution in [0.4, 0.5) is 0 Å². The average Bonchev–Trinajstić information content (AvgIpc) is 2.90. The molecule has 108 valence electrons. The maximum Gasteiger partial charge on any atom is 0.247 e. The van der Waals surface area contributed by atoms with Crippen LogP contribution in [0.3, 0.4) is 0 Å². The van der Waals surface area contributed by atoms with Gasteiger partial charge in [-0.05, 0) is 36.8 Å². The quantitative estimate of drug-likeness (QED) is 0.743. The van der Waals surface area contributed by atoms with E-state index < -0.39 is 9.84 Å². The average molecular weight is 302 g/mol. The Balaban J connectivity index is 2.24. The first-order chi connectivity index (χ1) is 10.0. The van der Waals surface area contributed by atoms with Crippen molar-refractivity contribution in [1.29, 1.82) is 0 Å². The van der Waals surface area contributed by atoms with Crippen LogP contribution in [-0.2, 0) is 9.84 Å². The maximum atomic E-state index is 12.2. The van der Waals surface area contributed by atoms with E-state index in [2.05, 4.69) is 9.97 Å². The van der Waals surface area contributed by atoms with Crippen LogP contribution >= 0.6 is 0 Å². The van der Waals surface area contributed by atoms with E-state index >= 15 is 0 Å². The molecule has 0 spiro atoms. The van der Waals surface area contributed by atoms with E-state index in [-0.39, 0.29) is 22.2 Å². The summed E-state index contributed by atoms with van der Waals surface area (Å²) in [6.45, 7) is 3.56. The number of hydrogen-bond donors (Lipinski definition) is 0. The van der Waals surface area contributed by atoms with E-state index in [1.54, 1.807) is 13.0 Å². The second-order valence-corrected chi connectivity index (χ2v) is 6.99. The molecule has 5 nitrogen and oxygen atoms in total. The van der Waals surface area contributed by atoms with Crippen LogP contribution in [0.1, 0.15) is 12.5 Å². The Bertz CT molecular complexity index is 914. The molecule has 3 rings (SSSR count). The predicted octanol–water partition coefficient (Wildman–Crippen LogP) is 2.99. The van der Waals surface area contributed by atoms with Crippen molar-refractivity contribution in [2.45, 2.75) is 18.7 Å². The number of aromatic nitrogens is 2. The second-order valence-electron chi connectivity index (χ2n) is 4.74. The zero-order valence-electron chi connectivity index (χ0n) is 11.7. The van der Waals surface area contributed by atoms with Gasteiger partial charge in [-0.2, -0.15) is 0 Å². The Morgan fingerprint density at radius 2 is 2.05 bits per heavy atom. The molecule has 0 aliphatic carbocycles. The first kappa shape index (κ1) is 13.8. The Kier molecular flexibility index (Phi) is 3.25. The predicted molar refractivity (Wildman–Crippen MR) is 79.7 cm³/mol. The minimum atomic E-state index is -3.39. The van der Waals surface area contributed by atoms with E-state index in [0.717, 1.165) is 5.56 Å². The van der Waals surface area contributed by atoms with Gasteiger partial charge in [0.2, 0.25) is 5.89 Å². The molecule has 0 saturated heterocycles. The maximum absolute atomic E-state index is 12.2. The number of nitrogens with zero attached hydrogens (tertiary/aromatic N) is 2. The summed E-state index contributed by atoms with van der Waals surface area (Å²) < 4.78 is 30.0. The molecule has 0 N–H and O–H groups in total. The van der Waals surface area contributed by atoms with Crippen molar-refractivity contribution in [1.82, 2.24) is 9.97 Å². The molecule has 0 radical (unpaired) electrons. The van der Waals surface area contributed by atoms with Crippen molar-refractivity contribution in [3.8, 4) is 11.6 Å². The van der Waals surface area contributed by atoms with Crippen LogP contribution in [0.5, 0.6) is 0 Å². The summed E-state index contributed by atoms with van der Waals surface area (Å²) in [4.78, 5) is 8.65. The molecule has 0 saturated carbocycles. The third kappa shape index (κ3) is 2.42. The summed E-state index contributed by atoms with van der Waals surface area (Å²) >= 11 is 0. The third-order valence-corrected chi connectivity index (χ3v) is 4.99. The summed E-state index contributed by atoms with van der Waals surface area (Å²) in [5.41, 5.74) is 2.62. The monoisotopic (exact) mass is 302 g/mol. The SMILES string of the molecule is CCS(=O)(=O)c1cccnc1-c1nc2cc(C)ccc2o1. The van der Waals surface area contributed by atoms with Crippen molar-refractivity contribution in [3.05, 3.63) is 42.1 Å². The van der Waals surface area contributed by atoms with E-state index in [4.69, 9.17) is 4.42 Å². The van der Waals surface area contributed by atoms with Gasteiger partial charge in [0, 0.05) is 6.20 Å². The minimum Gasteiger partial charge on any atom is -0.435 e. The molecule has 6 heteroatoms. The van der Waals surface area contributed by atoms with Gasteiger partial charge < -0.3 is 4.42 Å². The third-order valence-electron chi connectivity index (χ3n) is 3.23. The summed E-state index contributed by atoms with van der Waals surface area (Å²) in [6.07, 6.45) is 1.53. The number of rotatable bonds is 3. The molecule has 0 aliphatic heterocycles. The number of benzene rings is 1. The van der Waals surface area contributed by atoms with Crippen LogP contribution in [-0.4, -0.2) is 24.1 Å². The lowest BCUT2D eigenvalue weighted by molar-refractivity contribution is 0.592. The van der Waals surface area contributed by atoms with Gasteiger partial charge >= 0.3 is 0 Å². The fourth-order valence-corrected chi connectivity index (χ4v) is 3.13. The van der Waals surface area contributed by atoms with Crippen molar-refractivity contribution in [2.75, 3.05) is 5.75 Å². The summed E-state index contributed by atoms with van der Waals surface area (Å²) in [5.74, 6) is 0.230. The summed E-state index contributed by atoms with van der Waals surface area (Å²) in [6, 6.07) is 8.75. The normalized spacial score (nSPS) is 11.9. The zero-order chi connectivity index (χ0) is 15.0. The Hall–Kier alpha value is -2.21. The Labute approximate surface area is 122 Å². The van der Waals surface area contributed by atoms with E-state index in [9.17, 15) is 8.42 Å². The molecule has 0 aliphatic rings. The van der Waals surface area contributed by atoms with Crippen molar-refractivity contribution >= 4 is 20.9 Å². The molecule has 0 unspecified atom stereocenters. The van der Waals surface area contributed by atoms with Gasteiger partial charge in [-0.3, -0.25) is 0 Å². The van der Waals surface area contributed by atoms with Gasteiger partial charge in [-0.1, -0.05) is 13.0 Å². The standard InChI is InChI=1S/C15H14N2O3S/c1-3-21(18,19)13-5-4-8-16-14(13)15-17-11-9-10(2)6-7-12(11)20-15/h4-9H,3H2,1-2H3. The largest absolute Gasteiger partial charge is 0.435 e. The molecule has 21 heavy (non-hydrogen) atoms. The molecule has 2 heterocycles. The van der Waals surface area contributed by atoms with Crippen molar-refractivity contribution in [2.24, 2.45) is 0 Å². The highest BCUT2D eigenvalue weighted by atomic mass is 32.2. The lowest BCUT2D eigenvalue weighted by Crippen LogP contribution is -2.06. The van der Waals surface area contributed by atoms with Crippen LogP contribution < -0.4 is 0 Å². The van der Waals surface area contributed by atoms with Crippen LogP contribution in [0.2, 0.25) is 0 Å².